The summed E-state index contributed by atoms with van der Waals surface area (Å²) in [6.45, 7) is 6.92. The van der Waals surface area contributed by atoms with Gasteiger partial charge in [0, 0.05) is 12.7 Å². The fourth-order valence-electron chi connectivity index (χ4n) is 2.40. The van der Waals surface area contributed by atoms with Crippen LogP contribution in [0.4, 0.5) is 5.82 Å². The lowest BCUT2D eigenvalue weighted by Gasteiger charge is -2.40. The molecule has 106 valence electrons. The first-order valence-corrected chi connectivity index (χ1v) is 8.44. The Labute approximate surface area is 114 Å². The first kappa shape index (κ1) is 14.1. The smallest absolute Gasteiger partial charge is 0.172 e. The molecule has 5 nitrogen and oxygen atoms in total. The Balaban J connectivity index is 0.000000637. The maximum Gasteiger partial charge on any atom is 0.172 e. The summed E-state index contributed by atoms with van der Waals surface area (Å²) in [5.41, 5.74) is 1.04. The quantitative estimate of drug-likeness (QED) is 0.721. The van der Waals surface area contributed by atoms with E-state index >= 15 is 0 Å². The van der Waals surface area contributed by atoms with Crippen LogP contribution in [0.1, 0.15) is 19.4 Å². The number of hydrogen-bond acceptors (Lipinski definition) is 5. The van der Waals surface area contributed by atoms with Gasteiger partial charge in [-0.15, -0.1) is 0 Å². The zero-order valence-electron chi connectivity index (χ0n) is 11.6. The number of hydrogen-bond donors (Lipinski definition) is 0. The number of rotatable bonds is 0. The highest BCUT2D eigenvalue weighted by Crippen LogP contribution is 2.35. The van der Waals surface area contributed by atoms with Crippen molar-refractivity contribution in [1.29, 1.82) is 0 Å². The molecule has 0 saturated carbocycles. The van der Waals surface area contributed by atoms with Crippen molar-refractivity contribution in [2.45, 2.75) is 26.8 Å². The van der Waals surface area contributed by atoms with Crippen molar-refractivity contribution in [1.82, 2.24) is 4.98 Å². The summed E-state index contributed by atoms with van der Waals surface area (Å²) in [5.74, 6) is 1.96. The van der Waals surface area contributed by atoms with Crippen molar-refractivity contribution >= 4 is 15.7 Å². The topological polar surface area (TPSA) is 59.5 Å². The van der Waals surface area contributed by atoms with Crippen LogP contribution in [0.3, 0.4) is 0 Å². The average molecular weight is 284 g/mol. The van der Waals surface area contributed by atoms with Gasteiger partial charge in [0.05, 0.1) is 17.5 Å². The third-order valence-electron chi connectivity index (χ3n) is 3.31. The van der Waals surface area contributed by atoms with E-state index in [2.05, 4.69) is 9.88 Å². The summed E-state index contributed by atoms with van der Waals surface area (Å²) in [5, 5.41) is 0. The van der Waals surface area contributed by atoms with Gasteiger partial charge in [-0.2, -0.15) is 0 Å². The number of aromatic nitrogens is 1. The van der Waals surface area contributed by atoms with E-state index in [-0.39, 0.29) is 17.5 Å². The summed E-state index contributed by atoms with van der Waals surface area (Å²) in [7, 11) is -2.92. The largest absolute Gasteiger partial charge is 0.487 e. The number of aryl methyl sites for hydroxylation is 1. The minimum Gasteiger partial charge on any atom is -0.487 e. The van der Waals surface area contributed by atoms with E-state index in [1.165, 1.54) is 0 Å². The molecule has 1 atom stereocenters. The molecule has 0 amide bonds. The van der Waals surface area contributed by atoms with Crippen molar-refractivity contribution in [2.75, 3.05) is 29.6 Å². The Kier molecular flexibility index (Phi) is 3.99. The van der Waals surface area contributed by atoms with Crippen LogP contribution in [0.15, 0.2) is 12.3 Å². The van der Waals surface area contributed by atoms with Gasteiger partial charge < -0.3 is 9.64 Å². The maximum atomic E-state index is 11.6. The number of ether oxygens (including phenoxy) is 1. The molecule has 1 unspecified atom stereocenters. The fraction of sp³-hybridized carbons (Fsp3) is 0.615. The van der Waals surface area contributed by atoms with Gasteiger partial charge in [-0.05, 0) is 18.6 Å². The molecule has 0 N–H and O–H groups in total. The molecule has 1 saturated heterocycles. The molecule has 0 aliphatic carbocycles. The van der Waals surface area contributed by atoms with Crippen LogP contribution in [-0.2, 0) is 9.84 Å². The first-order chi connectivity index (χ1) is 9.07. The van der Waals surface area contributed by atoms with E-state index in [0.29, 0.717) is 13.2 Å². The number of pyridine rings is 1. The van der Waals surface area contributed by atoms with E-state index in [4.69, 9.17) is 4.74 Å². The van der Waals surface area contributed by atoms with E-state index in [1.807, 2.05) is 26.8 Å². The average Bonchev–Trinajstić information content (AvgIpc) is 2.39. The molecule has 0 bridgehead atoms. The number of anilines is 1. The van der Waals surface area contributed by atoms with E-state index in [1.54, 1.807) is 6.20 Å². The Morgan fingerprint density at radius 1 is 1.42 bits per heavy atom. The van der Waals surface area contributed by atoms with E-state index in [0.717, 1.165) is 17.1 Å². The summed E-state index contributed by atoms with van der Waals surface area (Å²) in [4.78, 5) is 6.38. The number of fused-ring (bicyclic) bond motifs is 3. The van der Waals surface area contributed by atoms with Crippen molar-refractivity contribution in [2.24, 2.45) is 0 Å². The van der Waals surface area contributed by atoms with Crippen LogP contribution >= 0.6 is 0 Å². The van der Waals surface area contributed by atoms with Gasteiger partial charge in [0.1, 0.15) is 6.61 Å². The summed E-state index contributed by atoms with van der Waals surface area (Å²) < 4.78 is 28.8. The number of nitrogens with zero attached hydrogens (tertiary/aromatic N) is 2. The van der Waals surface area contributed by atoms with Gasteiger partial charge in [-0.3, -0.25) is 0 Å². The van der Waals surface area contributed by atoms with Crippen LogP contribution in [0, 0.1) is 6.92 Å². The van der Waals surface area contributed by atoms with Gasteiger partial charge in [0.15, 0.2) is 21.4 Å². The lowest BCUT2D eigenvalue weighted by Crippen LogP contribution is -2.53. The van der Waals surface area contributed by atoms with Gasteiger partial charge in [-0.25, -0.2) is 13.4 Å². The Bertz CT molecular complexity index is 557. The highest BCUT2D eigenvalue weighted by Gasteiger charge is 2.37. The highest BCUT2D eigenvalue weighted by atomic mass is 32.2. The molecule has 0 spiro atoms. The second-order valence-corrected chi connectivity index (χ2v) is 6.78. The molecule has 1 fully saturated rings. The van der Waals surface area contributed by atoms with Crippen LogP contribution in [0.25, 0.3) is 0 Å². The highest BCUT2D eigenvalue weighted by molar-refractivity contribution is 7.91. The third-order valence-corrected chi connectivity index (χ3v) is 5.00. The molecular formula is C13H20N2O3S. The van der Waals surface area contributed by atoms with Crippen LogP contribution in [0.2, 0.25) is 0 Å². The molecule has 1 aromatic rings. The zero-order valence-corrected chi connectivity index (χ0v) is 12.4. The molecule has 0 aromatic carbocycles. The molecule has 0 radical (unpaired) electrons. The van der Waals surface area contributed by atoms with Crippen molar-refractivity contribution < 1.29 is 13.2 Å². The monoisotopic (exact) mass is 284 g/mol. The third kappa shape index (κ3) is 2.68. The Hall–Kier alpha value is -1.30. The molecule has 3 rings (SSSR count). The number of sulfone groups is 1. The molecule has 2 aliphatic rings. The van der Waals surface area contributed by atoms with E-state index < -0.39 is 9.84 Å². The standard InChI is InChI=1S/C11H14N2O3S.C2H6/c1-8-2-3-12-11-10(8)16-6-9-7-17(14,15)5-4-13(9)11;1-2/h2-3,9H,4-7H2,1H3;1-2H3. The van der Waals surface area contributed by atoms with Crippen molar-refractivity contribution in [3.05, 3.63) is 17.8 Å². The van der Waals surface area contributed by atoms with Crippen LogP contribution < -0.4 is 9.64 Å². The van der Waals surface area contributed by atoms with Crippen LogP contribution in [-0.4, -0.2) is 44.1 Å². The molecule has 1 aromatic heterocycles. The molecule has 2 aliphatic heterocycles. The summed E-state index contributed by atoms with van der Waals surface area (Å²) in [6.07, 6.45) is 1.74. The minimum atomic E-state index is -2.92. The second-order valence-electron chi connectivity index (χ2n) is 4.55. The van der Waals surface area contributed by atoms with Crippen molar-refractivity contribution in [3.8, 4) is 5.75 Å². The van der Waals surface area contributed by atoms with Gasteiger partial charge >= 0.3 is 0 Å². The fourth-order valence-corrected chi connectivity index (χ4v) is 3.90. The molecular weight excluding hydrogens is 264 g/mol. The Morgan fingerprint density at radius 2 is 2.16 bits per heavy atom. The predicted molar refractivity (Wildman–Crippen MR) is 75.6 cm³/mol. The lowest BCUT2D eigenvalue weighted by atomic mass is 10.2. The van der Waals surface area contributed by atoms with Gasteiger partial charge in [-0.1, -0.05) is 13.8 Å². The predicted octanol–water partition coefficient (Wildman–Crippen LogP) is 1.41. The van der Waals surface area contributed by atoms with E-state index in [9.17, 15) is 8.42 Å². The maximum absolute atomic E-state index is 11.6. The molecule has 3 heterocycles. The first-order valence-electron chi connectivity index (χ1n) is 6.62. The second kappa shape index (κ2) is 5.36. The molecule has 6 heteroatoms. The van der Waals surface area contributed by atoms with Gasteiger partial charge in [0.2, 0.25) is 0 Å². The normalized spacial score (nSPS) is 23.3. The summed E-state index contributed by atoms with van der Waals surface area (Å²) >= 11 is 0. The Morgan fingerprint density at radius 3 is 2.89 bits per heavy atom. The molecule has 19 heavy (non-hydrogen) atoms. The minimum absolute atomic E-state index is 0.0875. The lowest BCUT2D eigenvalue weighted by molar-refractivity contribution is 0.265. The zero-order chi connectivity index (χ0) is 14.0. The SMILES string of the molecule is CC.Cc1ccnc2c1OCC1CS(=O)(=O)CCN21. The van der Waals surface area contributed by atoms with Crippen LogP contribution in [0.5, 0.6) is 5.75 Å². The summed E-state index contributed by atoms with van der Waals surface area (Å²) in [6, 6.07) is 1.82. The van der Waals surface area contributed by atoms with Gasteiger partial charge in [0.25, 0.3) is 0 Å². The van der Waals surface area contributed by atoms with Crippen molar-refractivity contribution in [3.63, 3.8) is 0 Å².